The second-order valence-corrected chi connectivity index (χ2v) is 8.54. The first-order valence-electron chi connectivity index (χ1n) is 8.02. The minimum Gasteiger partial charge on any atom is -0.469 e. The van der Waals surface area contributed by atoms with Gasteiger partial charge in [-0.15, -0.1) is 0 Å². The van der Waals surface area contributed by atoms with Gasteiger partial charge < -0.3 is 4.74 Å². The lowest BCUT2D eigenvalue weighted by Gasteiger charge is -2.43. The van der Waals surface area contributed by atoms with E-state index in [9.17, 15) is 13.2 Å². The molecule has 0 unspecified atom stereocenters. The molecule has 0 radical (unpaired) electrons. The average molecular weight is 317 g/mol. The number of methoxy groups -OCH3 is 1. The highest BCUT2D eigenvalue weighted by Gasteiger charge is 2.38. The van der Waals surface area contributed by atoms with Crippen molar-refractivity contribution in [2.75, 3.05) is 26.0 Å². The van der Waals surface area contributed by atoms with Gasteiger partial charge in [-0.1, -0.05) is 19.3 Å². The molecule has 0 amide bonds. The highest BCUT2D eigenvalue weighted by atomic mass is 32.2. The van der Waals surface area contributed by atoms with Crippen LogP contribution < -0.4 is 0 Å². The van der Waals surface area contributed by atoms with E-state index in [0.717, 1.165) is 12.8 Å². The number of piperidine rings is 1. The molecular weight excluding hydrogens is 290 g/mol. The first-order valence-corrected chi connectivity index (χ1v) is 9.63. The van der Waals surface area contributed by atoms with E-state index in [-0.39, 0.29) is 18.1 Å². The third-order valence-electron chi connectivity index (χ3n) is 5.10. The molecule has 21 heavy (non-hydrogen) atoms. The molecule has 1 aliphatic heterocycles. The number of esters is 1. The Balaban J connectivity index is 1.81. The summed E-state index contributed by atoms with van der Waals surface area (Å²) in [5.41, 5.74) is 0.413. The Hall–Kier alpha value is -0.620. The molecule has 1 saturated carbocycles. The predicted molar refractivity (Wildman–Crippen MR) is 81.4 cm³/mol. The van der Waals surface area contributed by atoms with Gasteiger partial charge in [0.05, 0.1) is 12.9 Å². The van der Waals surface area contributed by atoms with Crippen molar-refractivity contribution in [2.24, 2.45) is 5.41 Å². The second kappa shape index (κ2) is 7.09. The zero-order chi connectivity index (χ0) is 15.3. The zero-order valence-corrected chi connectivity index (χ0v) is 13.8. The van der Waals surface area contributed by atoms with E-state index in [0.29, 0.717) is 24.9 Å². The predicted octanol–water partition coefficient (Wildman–Crippen LogP) is 2.32. The molecular formula is C15H27NO4S. The molecule has 2 rings (SSSR count). The SMILES string of the molecule is COC(=O)CCCS(=O)(=O)N1CCC2(CCCCC2)CC1. The van der Waals surface area contributed by atoms with Crippen LogP contribution in [-0.2, 0) is 19.6 Å². The van der Waals surface area contributed by atoms with Gasteiger partial charge in [0.15, 0.2) is 0 Å². The molecule has 0 aromatic heterocycles. The smallest absolute Gasteiger partial charge is 0.305 e. The second-order valence-electron chi connectivity index (χ2n) is 6.46. The molecule has 0 aromatic carbocycles. The van der Waals surface area contributed by atoms with Crippen LogP contribution in [0.5, 0.6) is 0 Å². The Bertz CT molecular complexity index is 444. The van der Waals surface area contributed by atoms with Crippen molar-refractivity contribution in [3.8, 4) is 0 Å². The molecule has 0 aromatic rings. The third-order valence-corrected chi connectivity index (χ3v) is 7.06. The van der Waals surface area contributed by atoms with Gasteiger partial charge >= 0.3 is 5.97 Å². The van der Waals surface area contributed by atoms with Crippen LogP contribution in [0.3, 0.4) is 0 Å². The maximum atomic E-state index is 12.3. The standard InChI is InChI=1S/C15H27NO4S/c1-20-14(17)6-5-13-21(18,19)16-11-9-15(10-12-16)7-3-2-4-8-15/h2-13H2,1H3. The van der Waals surface area contributed by atoms with Crippen molar-refractivity contribution >= 4 is 16.0 Å². The summed E-state index contributed by atoms with van der Waals surface area (Å²) < 4.78 is 30.8. The average Bonchev–Trinajstić information content (AvgIpc) is 2.48. The lowest BCUT2D eigenvalue weighted by atomic mass is 9.68. The first-order chi connectivity index (χ1) is 9.97. The monoisotopic (exact) mass is 317 g/mol. The fourth-order valence-electron chi connectivity index (χ4n) is 3.67. The Kier molecular flexibility index (Phi) is 5.66. The van der Waals surface area contributed by atoms with Crippen LogP contribution >= 0.6 is 0 Å². The molecule has 0 N–H and O–H groups in total. The molecule has 0 bridgehead atoms. The first kappa shape index (κ1) is 16.7. The summed E-state index contributed by atoms with van der Waals surface area (Å²) >= 11 is 0. The fourth-order valence-corrected chi connectivity index (χ4v) is 5.18. The quantitative estimate of drug-likeness (QED) is 0.730. The molecule has 6 heteroatoms. The van der Waals surface area contributed by atoms with Gasteiger partial charge in [-0.3, -0.25) is 4.79 Å². The van der Waals surface area contributed by atoms with Crippen molar-refractivity contribution in [2.45, 2.75) is 57.8 Å². The van der Waals surface area contributed by atoms with E-state index in [1.165, 1.54) is 39.2 Å². The van der Waals surface area contributed by atoms with Crippen molar-refractivity contribution < 1.29 is 17.9 Å². The van der Waals surface area contributed by atoms with E-state index in [1.807, 2.05) is 0 Å². The van der Waals surface area contributed by atoms with Crippen molar-refractivity contribution in [3.05, 3.63) is 0 Å². The van der Waals surface area contributed by atoms with E-state index in [1.54, 1.807) is 4.31 Å². The van der Waals surface area contributed by atoms with E-state index in [2.05, 4.69) is 4.74 Å². The summed E-state index contributed by atoms with van der Waals surface area (Å²) in [6.07, 6.45) is 8.98. The van der Waals surface area contributed by atoms with Crippen molar-refractivity contribution in [1.29, 1.82) is 0 Å². The summed E-state index contributed by atoms with van der Waals surface area (Å²) in [6.45, 7) is 1.31. The van der Waals surface area contributed by atoms with Gasteiger partial charge in [-0.05, 0) is 37.5 Å². The van der Waals surface area contributed by atoms with Crippen LogP contribution in [0.1, 0.15) is 57.8 Å². The number of hydrogen-bond acceptors (Lipinski definition) is 4. The molecule has 1 saturated heterocycles. The van der Waals surface area contributed by atoms with Crippen molar-refractivity contribution in [1.82, 2.24) is 4.31 Å². The molecule has 122 valence electrons. The molecule has 5 nitrogen and oxygen atoms in total. The van der Waals surface area contributed by atoms with Crippen LogP contribution in [0.2, 0.25) is 0 Å². The topological polar surface area (TPSA) is 63.7 Å². The van der Waals surface area contributed by atoms with Crippen molar-refractivity contribution in [3.63, 3.8) is 0 Å². The molecule has 1 spiro atoms. The maximum absolute atomic E-state index is 12.3. The summed E-state index contributed by atoms with van der Waals surface area (Å²) in [7, 11) is -1.89. The normalized spacial score (nSPS) is 23.1. The zero-order valence-electron chi connectivity index (χ0n) is 13.0. The molecule has 1 heterocycles. The van der Waals surface area contributed by atoms with Gasteiger partial charge in [0.1, 0.15) is 0 Å². The summed E-state index contributed by atoms with van der Waals surface area (Å²) in [6, 6.07) is 0. The molecule has 2 aliphatic rings. The van der Waals surface area contributed by atoms with E-state index in [4.69, 9.17) is 0 Å². The van der Waals surface area contributed by atoms with Crippen LogP contribution in [0, 0.1) is 5.41 Å². The number of carbonyl (C=O) groups excluding carboxylic acids is 1. The summed E-state index contributed by atoms with van der Waals surface area (Å²) in [5, 5.41) is 0. The van der Waals surface area contributed by atoms with E-state index >= 15 is 0 Å². The largest absolute Gasteiger partial charge is 0.469 e. The minimum atomic E-state index is -3.22. The Morgan fingerprint density at radius 2 is 1.71 bits per heavy atom. The maximum Gasteiger partial charge on any atom is 0.305 e. The number of carbonyl (C=O) groups is 1. The summed E-state index contributed by atoms with van der Waals surface area (Å²) in [5.74, 6) is -0.292. The van der Waals surface area contributed by atoms with E-state index < -0.39 is 10.0 Å². The lowest BCUT2D eigenvalue weighted by Crippen LogP contribution is -2.44. The minimum absolute atomic E-state index is 0.0507. The number of rotatable bonds is 5. The Morgan fingerprint density at radius 3 is 2.29 bits per heavy atom. The van der Waals surface area contributed by atoms with Crippen LogP contribution in [-0.4, -0.2) is 44.6 Å². The third kappa shape index (κ3) is 4.42. The highest BCUT2D eigenvalue weighted by Crippen LogP contribution is 2.44. The van der Waals surface area contributed by atoms with Gasteiger partial charge in [-0.2, -0.15) is 0 Å². The highest BCUT2D eigenvalue weighted by molar-refractivity contribution is 7.89. The van der Waals surface area contributed by atoms with Crippen LogP contribution in [0.25, 0.3) is 0 Å². The molecule has 1 aliphatic carbocycles. The fraction of sp³-hybridized carbons (Fsp3) is 0.933. The Labute approximate surface area is 128 Å². The number of hydrogen-bond donors (Lipinski definition) is 0. The number of nitrogens with zero attached hydrogens (tertiary/aromatic N) is 1. The van der Waals surface area contributed by atoms with Crippen LogP contribution in [0.4, 0.5) is 0 Å². The van der Waals surface area contributed by atoms with Gasteiger partial charge in [0, 0.05) is 19.5 Å². The molecule has 0 atom stereocenters. The molecule has 2 fully saturated rings. The van der Waals surface area contributed by atoms with Gasteiger partial charge in [-0.25, -0.2) is 12.7 Å². The number of sulfonamides is 1. The number of ether oxygens (including phenoxy) is 1. The van der Waals surface area contributed by atoms with Crippen LogP contribution in [0.15, 0.2) is 0 Å². The van der Waals surface area contributed by atoms with Gasteiger partial charge in [0.2, 0.25) is 10.0 Å². The van der Waals surface area contributed by atoms with Gasteiger partial charge in [0.25, 0.3) is 0 Å². The lowest BCUT2D eigenvalue weighted by molar-refractivity contribution is -0.140. The Morgan fingerprint density at radius 1 is 1.10 bits per heavy atom. The summed E-state index contributed by atoms with van der Waals surface area (Å²) in [4.78, 5) is 11.0.